The number of aromatic nitrogens is 2. The molecule has 1 unspecified atom stereocenters. The third-order valence-corrected chi connectivity index (χ3v) is 4.86. The van der Waals surface area contributed by atoms with Crippen LogP contribution in [-0.4, -0.2) is 39.8 Å². The smallest absolute Gasteiger partial charge is 0.0931 e. The number of rotatable bonds is 4. The van der Waals surface area contributed by atoms with Crippen molar-refractivity contribution in [1.82, 2.24) is 15.1 Å². The maximum Gasteiger partial charge on any atom is 0.0931 e. The van der Waals surface area contributed by atoms with Gasteiger partial charge in [-0.25, -0.2) is 0 Å². The van der Waals surface area contributed by atoms with Crippen LogP contribution < -0.4 is 0 Å². The average Bonchev–Trinajstić information content (AvgIpc) is 3.02. The van der Waals surface area contributed by atoms with Crippen LogP contribution in [0.4, 0.5) is 0 Å². The van der Waals surface area contributed by atoms with Gasteiger partial charge in [0.25, 0.3) is 0 Å². The number of H-pyrrole nitrogens is 1. The highest BCUT2D eigenvalue weighted by atomic mass is 35.5. The summed E-state index contributed by atoms with van der Waals surface area (Å²) in [5.74, 6) is 0.537. The van der Waals surface area contributed by atoms with E-state index in [-0.39, 0.29) is 0 Å². The number of benzene rings is 1. The van der Waals surface area contributed by atoms with E-state index in [1.807, 2.05) is 6.07 Å². The number of β-amino-alcohol motifs (C(OH)–C–C–N with tert-alkyl or cyclic N) is 1. The summed E-state index contributed by atoms with van der Waals surface area (Å²) < 4.78 is 0. The molecule has 4 nitrogen and oxygen atoms in total. The molecule has 0 amide bonds. The van der Waals surface area contributed by atoms with E-state index in [9.17, 15) is 5.11 Å². The van der Waals surface area contributed by atoms with Gasteiger partial charge in [0.05, 0.1) is 6.10 Å². The molecule has 1 aromatic carbocycles. The van der Waals surface area contributed by atoms with Gasteiger partial charge in [-0.2, -0.15) is 5.10 Å². The minimum Gasteiger partial charge on any atom is -0.387 e. The molecule has 2 N–H and O–H groups in total. The number of aliphatic hydroxyl groups is 1. The summed E-state index contributed by atoms with van der Waals surface area (Å²) in [4.78, 5) is 2.28. The Morgan fingerprint density at radius 2 is 2.05 bits per heavy atom. The SMILES string of the molecule is OC(CN1CCC(c2ccn[nH]2)CC1)c1ccc(Cl)cc1Cl. The molecule has 1 aliphatic heterocycles. The first-order chi connectivity index (χ1) is 10.6. The topological polar surface area (TPSA) is 52.1 Å². The minimum absolute atomic E-state index is 0.521. The third kappa shape index (κ3) is 3.63. The second-order valence-corrected chi connectivity index (χ2v) is 6.61. The van der Waals surface area contributed by atoms with Crippen molar-refractivity contribution in [3.05, 3.63) is 51.8 Å². The Balaban J connectivity index is 1.56. The molecule has 0 radical (unpaired) electrons. The fourth-order valence-corrected chi connectivity index (χ4v) is 3.57. The van der Waals surface area contributed by atoms with E-state index in [1.54, 1.807) is 24.4 Å². The molecule has 6 heteroatoms. The molecule has 1 aromatic heterocycles. The average molecular weight is 340 g/mol. The Morgan fingerprint density at radius 3 is 2.68 bits per heavy atom. The first-order valence-corrected chi connectivity index (χ1v) is 8.23. The molecule has 2 heterocycles. The van der Waals surface area contributed by atoms with Crippen molar-refractivity contribution in [2.24, 2.45) is 0 Å². The second kappa shape index (κ2) is 7.01. The molecule has 0 bridgehead atoms. The predicted molar refractivity (Wildman–Crippen MR) is 88.4 cm³/mol. The molecule has 0 spiro atoms. The summed E-state index contributed by atoms with van der Waals surface area (Å²) in [6, 6.07) is 7.28. The molecule has 1 saturated heterocycles. The summed E-state index contributed by atoms with van der Waals surface area (Å²) in [7, 11) is 0. The van der Waals surface area contributed by atoms with Crippen molar-refractivity contribution in [2.75, 3.05) is 19.6 Å². The summed E-state index contributed by atoms with van der Waals surface area (Å²) in [5, 5.41) is 18.6. The third-order valence-electron chi connectivity index (χ3n) is 4.30. The highest BCUT2D eigenvalue weighted by Gasteiger charge is 2.24. The largest absolute Gasteiger partial charge is 0.387 e. The van der Waals surface area contributed by atoms with Crippen molar-refractivity contribution >= 4 is 23.2 Å². The fourth-order valence-electron chi connectivity index (χ4n) is 3.04. The fraction of sp³-hybridized carbons (Fsp3) is 0.438. The van der Waals surface area contributed by atoms with Crippen molar-refractivity contribution in [3.8, 4) is 0 Å². The molecule has 1 aliphatic rings. The van der Waals surface area contributed by atoms with Gasteiger partial charge in [-0.3, -0.25) is 5.10 Å². The Labute approximate surface area is 140 Å². The number of halogens is 2. The van der Waals surface area contributed by atoms with Crippen LogP contribution in [0.1, 0.15) is 36.1 Å². The number of aliphatic hydroxyl groups excluding tert-OH is 1. The molecule has 22 heavy (non-hydrogen) atoms. The van der Waals surface area contributed by atoms with E-state index >= 15 is 0 Å². The van der Waals surface area contributed by atoms with Gasteiger partial charge in [-0.05, 0) is 44.1 Å². The maximum atomic E-state index is 10.4. The highest BCUT2D eigenvalue weighted by molar-refractivity contribution is 6.35. The first-order valence-electron chi connectivity index (χ1n) is 7.48. The quantitative estimate of drug-likeness (QED) is 0.894. The zero-order valence-electron chi connectivity index (χ0n) is 12.2. The summed E-state index contributed by atoms with van der Waals surface area (Å²) in [5.41, 5.74) is 1.95. The highest BCUT2D eigenvalue weighted by Crippen LogP contribution is 2.30. The maximum absolute atomic E-state index is 10.4. The molecule has 3 rings (SSSR count). The molecule has 118 valence electrons. The normalized spacial score (nSPS) is 18.5. The van der Waals surface area contributed by atoms with Crippen LogP contribution in [0.3, 0.4) is 0 Å². The van der Waals surface area contributed by atoms with Gasteiger partial charge in [0.15, 0.2) is 0 Å². The van der Waals surface area contributed by atoms with Crippen LogP contribution in [0.15, 0.2) is 30.5 Å². The van der Waals surface area contributed by atoms with Crippen LogP contribution in [0.2, 0.25) is 10.0 Å². The lowest BCUT2D eigenvalue weighted by Crippen LogP contribution is -2.36. The van der Waals surface area contributed by atoms with Gasteiger partial charge in [-0.15, -0.1) is 0 Å². The van der Waals surface area contributed by atoms with Crippen molar-refractivity contribution < 1.29 is 5.11 Å². The monoisotopic (exact) mass is 339 g/mol. The molecule has 2 aromatic rings. The Hall–Kier alpha value is -1.07. The first kappa shape index (κ1) is 15.8. The number of likely N-dealkylation sites (tertiary alicyclic amines) is 1. The van der Waals surface area contributed by atoms with Gasteiger partial charge < -0.3 is 10.0 Å². The van der Waals surface area contributed by atoms with Crippen LogP contribution in [-0.2, 0) is 0 Å². The molecule has 1 atom stereocenters. The number of piperidine rings is 1. The van der Waals surface area contributed by atoms with E-state index in [4.69, 9.17) is 23.2 Å². The molecule has 0 aliphatic carbocycles. The molecular formula is C16H19Cl2N3O. The predicted octanol–water partition coefficient (Wildman–Crippen LogP) is 3.63. The van der Waals surface area contributed by atoms with Crippen molar-refractivity contribution in [2.45, 2.75) is 24.9 Å². The lowest BCUT2D eigenvalue weighted by Gasteiger charge is -2.32. The van der Waals surface area contributed by atoms with E-state index in [2.05, 4.69) is 15.1 Å². The van der Waals surface area contributed by atoms with Crippen LogP contribution in [0.25, 0.3) is 0 Å². The minimum atomic E-state index is -0.589. The van der Waals surface area contributed by atoms with Gasteiger partial charge in [0, 0.05) is 40.0 Å². The lowest BCUT2D eigenvalue weighted by atomic mass is 9.93. The Morgan fingerprint density at radius 1 is 1.27 bits per heavy atom. The van der Waals surface area contributed by atoms with Gasteiger partial charge in [0.1, 0.15) is 0 Å². The van der Waals surface area contributed by atoms with Gasteiger partial charge in [-0.1, -0.05) is 29.3 Å². The van der Waals surface area contributed by atoms with Crippen LogP contribution >= 0.6 is 23.2 Å². The number of aromatic amines is 1. The standard InChI is InChI=1S/C16H19Cl2N3O/c17-12-1-2-13(14(18)9-12)16(22)10-21-7-4-11(5-8-21)15-3-6-19-20-15/h1-3,6,9,11,16,22H,4-5,7-8,10H2,(H,19,20). The van der Waals surface area contributed by atoms with Gasteiger partial charge in [0.2, 0.25) is 0 Å². The van der Waals surface area contributed by atoms with E-state index in [0.717, 1.165) is 31.5 Å². The Bertz CT molecular complexity index is 610. The van der Waals surface area contributed by atoms with Crippen LogP contribution in [0.5, 0.6) is 0 Å². The Kier molecular flexibility index (Phi) is 5.03. The van der Waals surface area contributed by atoms with E-state index in [1.165, 1.54) is 5.69 Å². The number of hydrogen-bond donors (Lipinski definition) is 2. The molecular weight excluding hydrogens is 321 g/mol. The molecule has 1 fully saturated rings. The van der Waals surface area contributed by atoms with Gasteiger partial charge >= 0.3 is 0 Å². The summed E-state index contributed by atoms with van der Waals surface area (Å²) >= 11 is 12.1. The van der Waals surface area contributed by atoms with Crippen molar-refractivity contribution in [3.63, 3.8) is 0 Å². The number of hydrogen-bond acceptors (Lipinski definition) is 3. The van der Waals surface area contributed by atoms with Crippen LogP contribution in [0, 0.1) is 0 Å². The summed E-state index contributed by atoms with van der Waals surface area (Å²) in [6.45, 7) is 2.52. The molecule has 0 saturated carbocycles. The van der Waals surface area contributed by atoms with Crippen molar-refractivity contribution in [1.29, 1.82) is 0 Å². The summed E-state index contributed by atoms with van der Waals surface area (Å²) in [6.07, 6.45) is 3.36. The zero-order chi connectivity index (χ0) is 15.5. The number of nitrogens with one attached hydrogen (secondary N) is 1. The van der Waals surface area contributed by atoms with E-state index < -0.39 is 6.10 Å². The lowest BCUT2D eigenvalue weighted by molar-refractivity contribution is 0.0970. The second-order valence-electron chi connectivity index (χ2n) is 5.77. The zero-order valence-corrected chi connectivity index (χ0v) is 13.7. The number of nitrogens with zero attached hydrogens (tertiary/aromatic N) is 2. The van der Waals surface area contributed by atoms with E-state index in [0.29, 0.717) is 22.5 Å².